The van der Waals surface area contributed by atoms with Crippen molar-refractivity contribution in [1.82, 2.24) is 0 Å². The van der Waals surface area contributed by atoms with E-state index in [0.29, 0.717) is 35.3 Å². The Bertz CT molecular complexity index is 480. The molecule has 2 nitrogen and oxygen atoms in total. The van der Waals surface area contributed by atoms with Crippen molar-refractivity contribution in [2.24, 2.45) is 17.1 Å². The van der Waals surface area contributed by atoms with Crippen LogP contribution >= 0.6 is 23.2 Å². The van der Waals surface area contributed by atoms with Gasteiger partial charge in [-0.1, -0.05) is 50.0 Å². The molecule has 0 spiro atoms. The van der Waals surface area contributed by atoms with Crippen LogP contribution in [0.5, 0.6) is 0 Å². The van der Waals surface area contributed by atoms with E-state index in [1.807, 2.05) is 6.07 Å². The molecule has 1 aromatic rings. The second-order valence-electron chi connectivity index (χ2n) is 6.64. The van der Waals surface area contributed by atoms with Crippen molar-refractivity contribution in [3.8, 4) is 0 Å². The van der Waals surface area contributed by atoms with Crippen LogP contribution in [0.3, 0.4) is 0 Å². The maximum absolute atomic E-state index is 12.1. The quantitative estimate of drug-likeness (QED) is 0.773. The molecule has 1 rings (SSSR count). The first-order chi connectivity index (χ1) is 9.74. The van der Waals surface area contributed by atoms with Gasteiger partial charge in [-0.05, 0) is 48.4 Å². The SMILES string of the molecule is CC(C)(C)C(CCN)CCC(=O)Cc1ccc(Cl)c(Cl)c1. The van der Waals surface area contributed by atoms with Gasteiger partial charge in [0.05, 0.1) is 10.0 Å². The minimum Gasteiger partial charge on any atom is -0.330 e. The maximum Gasteiger partial charge on any atom is 0.137 e. The fraction of sp³-hybridized carbons (Fsp3) is 0.588. The Labute approximate surface area is 138 Å². The third-order valence-corrected chi connectivity index (χ3v) is 4.64. The van der Waals surface area contributed by atoms with Gasteiger partial charge in [0.2, 0.25) is 0 Å². The summed E-state index contributed by atoms with van der Waals surface area (Å²) in [7, 11) is 0. The predicted octanol–water partition coefficient (Wildman–Crippen LogP) is 4.90. The number of carbonyl (C=O) groups is 1. The van der Waals surface area contributed by atoms with Crippen molar-refractivity contribution in [3.63, 3.8) is 0 Å². The summed E-state index contributed by atoms with van der Waals surface area (Å²) in [6.45, 7) is 7.28. The molecule has 1 aromatic carbocycles. The largest absolute Gasteiger partial charge is 0.330 e. The number of Topliss-reactive ketones (excluding diaryl/α,β-unsaturated/α-hetero) is 1. The molecule has 0 radical (unpaired) electrons. The zero-order valence-corrected chi connectivity index (χ0v) is 14.6. The number of benzene rings is 1. The smallest absolute Gasteiger partial charge is 0.137 e. The second kappa shape index (κ2) is 8.17. The predicted molar refractivity (Wildman–Crippen MR) is 91.0 cm³/mol. The van der Waals surface area contributed by atoms with Crippen molar-refractivity contribution < 1.29 is 4.79 Å². The monoisotopic (exact) mass is 329 g/mol. The van der Waals surface area contributed by atoms with E-state index in [4.69, 9.17) is 28.9 Å². The molecule has 0 saturated heterocycles. The molecule has 0 aliphatic heterocycles. The van der Waals surface area contributed by atoms with E-state index in [0.717, 1.165) is 18.4 Å². The van der Waals surface area contributed by atoms with Gasteiger partial charge in [-0.3, -0.25) is 4.79 Å². The molecule has 0 saturated carbocycles. The van der Waals surface area contributed by atoms with Gasteiger partial charge in [-0.15, -0.1) is 0 Å². The Morgan fingerprint density at radius 2 is 1.86 bits per heavy atom. The fourth-order valence-electron chi connectivity index (χ4n) is 2.51. The summed E-state index contributed by atoms with van der Waals surface area (Å²) < 4.78 is 0. The molecular formula is C17H25Cl2NO. The minimum absolute atomic E-state index is 0.184. The summed E-state index contributed by atoms with van der Waals surface area (Å²) >= 11 is 11.8. The summed E-state index contributed by atoms with van der Waals surface area (Å²) in [5.74, 6) is 0.708. The zero-order valence-electron chi connectivity index (χ0n) is 13.1. The number of ketones is 1. The lowest BCUT2D eigenvalue weighted by molar-refractivity contribution is -0.118. The highest BCUT2D eigenvalue weighted by atomic mass is 35.5. The van der Waals surface area contributed by atoms with Gasteiger partial charge in [-0.2, -0.15) is 0 Å². The summed E-state index contributed by atoms with van der Waals surface area (Å²) in [4.78, 5) is 12.1. The topological polar surface area (TPSA) is 43.1 Å². The molecule has 1 atom stereocenters. The molecule has 21 heavy (non-hydrogen) atoms. The molecule has 0 aromatic heterocycles. The molecule has 118 valence electrons. The van der Waals surface area contributed by atoms with Gasteiger partial charge in [0.25, 0.3) is 0 Å². The van der Waals surface area contributed by atoms with Crippen LogP contribution in [-0.2, 0) is 11.2 Å². The van der Waals surface area contributed by atoms with Crippen LogP contribution in [0, 0.1) is 11.3 Å². The summed E-state index contributed by atoms with van der Waals surface area (Å²) in [6.07, 6.45) is 2.85. The first kappa shape index (κ1) is 18.5. The van der Waals surface area contributed by atoms with Crippen molar-refractivity contribution >= 4 is 29.0 Å². The molecule has 0 heterocycles. The number of halogens is 2. The Morgan fingerprint density at radius 1 is 1.19 bits per heavy atom. The van der Waals surface area contributed by atoms with Crippen LogP contribution < -0.4 is 5.73 Å². The highest BCUT2D eigenvalue weighted by Gasteiger charge is 2.24. The molecule has 0 amide bonds. The first-order valence-corrected chi connectivity index (χ1v) is 8.15. The van der Waals surface area contributed by atoms with E-state index in [2.05, 4.69) is 20.8 Å². The third-order valence-electron chi connectivity index (χ3n) is 3.90. The Hall–Kier alpha value is -0.570. The van der Waals surface area contributed by atoms with Crippen LogP contribution in [0.25, 0.3) is 0 Å². The van der Waals surface area contributed by atoms with Crippen LogP contribution in [0.2, 0.25) is 10.0 Å². The molecular weight excluding hydrogens is 305 g/mol. The van der Waals surface area contributed by atoms with E-state index in [1.165, 1.54) is 0 Å². The first-order valence-electron chi connectivity index (χ1n) is 7.39. The molecule has 0 bridgehead atoms. The zero-order chi connectivity index (χ0) is 16.0. The van der Waals surface area contributed by atoms with Crippen molar-refractivity contribution in [2.45, 2.75) is 46.5 Å². The molecule has 0 aliphatic rings. The van der Waals surface area contributed by atoms with Crippen LogP contribution in [0.1, 0.15) is 45.6 Å². The Morgan fingerprint density at radius 3 is 2.38 bits per heavy atom. The summed E-state index contributed by atoms with van der Waals surface area (Å²) in [5.41, 5.74) is 6.78. The molecule has 0 aliphatic carbocycles. The average Bonchev–Trinajstić information content (AvgIpc) is 2.37. The fourth-order valence-corrected chi connectivity index (χ4v) is 2.83. The Balaban J connectivity index is 2.54. The lowest BCUT2D eigenvalue weighted by Crippen LogP contribution is -2.24. The van der Waals surface area contributed by atoms with Gasteiger partial charge in [-0.25, -0.2) is 0 Å². The maximum atomic E-state index is 12.1. The number of nitrogens with two attached hydrogens (primary N) is 1. The van der Waals surface area contributed by atoms with Crippen LogP contribution in [0.4, 0.5) is 0 Å². The summed E-state index contributed by atoms with van der Waals surface area (Å²) in [5, 5.41) is 1.02. The van der Waals surface area contributed by atoms with Crippen molar-refractivity contribution in [1.29, 1.82) is 0 Å². The normalized spacial score (nSPS) is 13.2. The lowest BCUT2D eigenvalue weighted by atomic mass is 9.76. The van der Waals surface area contributed by atoms with E-state index in [9.17, 15) is 4.79 Å². The van der Waals surface area contributed by atoms with E-state index in [-0.39, 0.29) is 11.2 Å². The van der Waals surface area contributed by atoms with Crippen LogP contribution in [-0.4, -0.2) is 12.3 Å². The van der Waals surface area contributed by atoms with Crippen molar-refractivity contribution in [2.75, 3.05) is 6.54 Å². The summed E-state index contributed by atoms with van der Waals surface area (Å²) in [6, 6.07) is 5.36. The van der Waals surface area contributed by atoms with Gasteiger partial charge in [0, 0.05) is 12.8 Å². The number of hydrogen-bond donors (Lipinski definition) is 1. The molecule has 2 N–H and O–H groups in total. The number of hydrogen-bond acceptors (Lipinski definition) is 2. The highest BCUT2D eigenvalue weighted by Crippen LogP contribution is 2.32. The van der Waals surface area contributed by atoms with E-state index < -0.39 is 0 Å². The Kier molecular flexibility index (Phi) is 7.19. The van der Waals surface area contributed by atoms with Gasteiger partial charge >= 0.3 is 0 Å². The van der Waals surface area contributed by atoms with E-state index >= 15 is 0 Å². The molecule has 0 fully saturated rings. The van der Waals surface area contributed by atoms with Crippen LogP contribution in [0.15, 0.2) is 18.2 Å². The number of rotatable bonds is 7. The molecule has 1 unspecified atom stereocenters. The van der Waals surface area contributed by atoms with Gasteiger partial charge in [0.15, 0.2) is 0 Å². The lowest BCUT2D eigenvalue weighted by Gasteiger charge is -2.30. The third kappa shape index (κ3) is 6.37. The number of carbonyl (C=O) groups excluding carboxylic acids is 1. The van der Waals surface area contributed by atoms with Crippen molar-refractivity contribution in [3.05, 3.63) is 33.8 Å². The molecule has 4 heteroatoms. The highest BCUT2D eigenvalue weighted by molar-refractivity contribution is 6.42. The van der Waals surface area contributed by atoms with Gasteiger partial charge in [0.1, 0.15) is 5.78 Å². The minimum atomic E-state index is 0.184. The van der Waals surface area contributed by atoms with E-state index in [1.54, 1.807) is 12.1 Å². The second-order valence-corrected chi connectivity index (χ2v) is 7.46. The average molecular weight is 330 g/mol. The van der Waals surface area contributed by atoms with Gasteiger partial charge < -0.3 is 5.73 Å². The standard InChI is InChI=1S/C17H25Cl2NO/c1-17(2,3)13(8-9-20)5-6-14(21)10-12-4-7-15(18)16(19)11-12/h4,7,11,13H,5-6,8-10,20H2,1-3H3.